The van der Waals surface area contributed by atoms with E-state index in [1.807, 2.05) is 11.8 Å². The van der Waals surface area contributed by atoms with Gasteiger partial charge in [-0.1, -0.05) is 0 Å². The monoisotopic (exact) mass is 202 g/mol. The first kappa shape index (κ1) is 9.77. The molecule has 3 nitrogen and oxygen atoms in total. The number of piperazine rings is 1. The maximum atomic E-state index is 9.21. The van der Waals surface area contributed by atoms with E-state index in [0.717, 1.165) is 31.9 Å². The third kappa shape index (κ3) is 2.18. The molecule has 0 aromatic carbocycles. The van der Waals surface area contributed by atoms with Gasteiger partial charge in [-0.2, -0.15) is 11.8 Å². The van der Waals surface area contributed by atoms with Crippen molar-refractivity contribution in [1.29, 1.82) is 0 Å². The lowest BCUT2D eigenvalue weighted by Gasteiger charge is -2.35. The molecular formula is C9H18N2OS. The molecule has 2 saturated heterocycles. The number of aliphatic hydroxyl groups is 1. The van der Waals surface area contributed by atoms with Crippen molar-refractivity contribution in [2.75, 3.05) is 44.3 Å². The number of hydrogen-bond donors (Lipinski definition) is 2. The lowest BCUT2D eigenvalue weighted by molar-refractivity contribution is 0.116. The molecule has 2 aliphatic rings. The van der Waals surface area contributed by atoms with E-state index in [2.05, 4.69) is 10.2 Å². The fourth-order valence-corrected chi connectivity index (χ4v) is 3.67. The molecule has 0 radical (unpaired) electrons. The Labute approximate surface area is 83.9 Å². The molecule has 0 aliphatic carbocycles. The van der Waals surface area contributed by atoms with E-state index in [1.54, 1.807) is 0 Å². The molecule has 76 valence electrons. The smallest absolute Gasteiger partial charge is 0.0482 e. The summed E-state index contributed by atoms with van der Waals surface area (Å²) in [5, 5.41) is 12.6. The average Bonchev–Trinajstić information content (AvgIpc) is 2.67. The van der Waals surface area contributed by atoms with Crippen LogP contribution in [0, 0.1) is 5.92 Å². The fraction of sp³-hybridized carbons (Fsp3) is 1.00. The van der Waals surface area contributed by atoms with E-state index < -0.39 is 0 Å². The predicted molar refractivity (Wildman–Crippen MR) is 56.1 cm³/mol. The van der Waals surface area contributed by atoms with E-state index in [-0.39, 0.29) is 0 Å². The van der Waals surface area contributed by atoms with Crippen LogP contribution >= 0.6 is 11.8 Å². The first-order chi connectivity index (χ1) is 6.42. The summed E-state index contributed by atoms with van der Waals surface area (Å²) in [6.45, 7) is 4.89. The Morgan fingerprint density at radius 3 is 2.77 bits per heavy atom. The number of nitrogens with zero attached hydrogens (tertiary/aromatic N) is 1. The summed E-state index contributed by atoms with van der Waals surface area (Å²) in [6.07, 6.45) is 0. The van der Waals surface area contributed by atoms with Crippen molar-refractivity contribution in [3.63, 3.8) is 0 Å². The molecule has 2 unspecified atom stereocenters. The van der Waals surface area contributed by atoms with Crippen LogP contribution in [-0.2, 0) is 0 Å². The van der Waals surface area contributed by atoms with Crippen LogP contribution < -0.4 is 5.32 Å². The summed E-state index contributed by atoms with van der Waals surface area (Å²) in [5.41, 5.74) is 0. The van der Waals surface area contributed by atoms with E-state index in [0.29, 0.717) is 18.6 Å². The minimum Gasteiger partial charge on any atom is -0.396 e. The van der Waals surface area contributed by atoms with E-state index in [4.69, 9.17) is 0 Å². The highest BCUT2D eigenvalue weighted by molar-refractivity contribution is 7.99. The van der Waals surface area contributed by atoms with Crippen LogP contribution in [0.5, 0.6) is 0 Å². The molecule has 0 spiro atoms. The number of hydrogen-bond acceptors (Lipinski definition) is 4. The average molecular weight is 202 g/mol. The van der Waals surface area contributed by atoms with Gasteiger partial charge in [-0.05, 0) is 5.75 Å². The molecule has 4 heteroatoms. The maximum Gasteiger partial charge on any atom is 0.0482 e. The summed E-state index contributed by atoms with van der Waals surface area (Å²) in [6, 6.07) is 0.636. The minimum absolute atomic E-state index is 0.363. The topological polar surface area (TPSA) is 35.5 Å². The first-order valence-corrected chi connectivity index (χ1v) is 6.20. The van der Waals surface area contributed by atoms with Gasteiger partial charge in [0, 0.05) is 50.5 Å². The number of thioether (sulfide) groups is 1. The third-order valence-corrected chi connectivity index (χ3v) is 4.26. The Morgan fingerprint density at radius 2 is 2.08 bits per heavy atom. The molecule has 0 saturated carbocycles. The van der Waals surface area contributed by atoms with Crippen LogP contribution in [0.25, 0.3) is 0 Å². The van der Waals surface area contributed by atoms with Crippen molar-refractivity contribution in [3.8, 4) is 0 Å². The number of nitrogens with one attached hydrogen (secondary N) is 1. The van der Waals surface area contributed by atoms with Crippen molar-refractivity contribution < 1.29 is 5.11 Å². The van der Waals surface area contributed by atoms with Crippen molar-refractivity contribution in [2.45, 2.75) is 6.04 Å². The van der Waals surface area contributed by atoms with Gasteiger partial charge in [0.25, 0.3) is 0 Å². The zero-order chi connectivity index (χ0) is 9.10. The van der Waals surface area contributed by atoms with Crippen LogP contribution in [0.3, 0.4) is 0 Å². The predicted octanol–water partition coefficient (Wildman–Crippen LogP) is -0.384. The number of rotatable bonds is 2. The maximum absolute atomic E-state index is 9.21. The van der Waals surface area contributed by atoms with E-state index >= 15 is 0 Å². The van der Waals surface area contributed by atoms with Gasteiger partial charge in [-0.25, -0.2) is 0 Å². The van der Waals surface area contributed by atoms with Gasteiger partial charge in [-0.15, -0.1) is 0 Å². The van der Waals surface area contributed by atoms with Crippen molar-refractivity contribution in [3.05, 3.63) is 0 Å². The van der Waals surface area contributed by atoms with Gasteiger partial charge in [0.15, 0.2) is 0 Å². The Kier molecular flexibility index (Phi) is 3.49. The second kappa shape index (κ2) is 4.64. The highest BCUT2D eigenvalue weighted by Crippen LogP contribution is 2.28. The van der Waals surface area contributed by atoms with Crippen molar-refractivity contribution >= 4 is 11.8 Å². The summed E-state index contributed by atoms with van der Waals surface area (Å²) in [5.74, 6) is 2.87. The highest BCUT2D eigenvalue weighted by atomic mass is 32.2. The lowest BCUT2D eigenvalue weighted by Crippen LogP contribution is -2.51. The fourth-order valence-electron chi connectivity index (χ4n) is 2.18. The Bertz CT molecular complexity index is 162. The largest absolute Gasteiger partial charge is 0.396 e. The van der Waals surface area contributed by atoms with Gasteiger partial charge in [0.1, 0.15) is 0 Å². The van der Waals surface area contributed by atoms with Gasteiger partial charge < -0.3 is 10.4 Å². The Balaban J connectivity index is 1.90. The molecule has 13 heavy (non-hydrogen) atoms. The van der Waals surface area contributed by atoms with Crippen LogP contribution in [0.4, 0.5) is 0 Å². The SMILES string of the molecule is OCC1CSCC1N1CCNCC1. The normalized spacial score (nSPS) is 36.7. The molecule has 0 amide bonds. The molecule has 2 fully saturated rings. The molecule has 0 aromatic heterocycles. The molecule has 2 N–H and O–H groups in total. The zero-order valence-electron chi connectivity index (χ0n) is 7.91. The second-order valence-corrected chi connectivity index (χ2v) is 4.91. The summed E-state index contributed by atoms with van der Waals surface area (Å²) in [7, 11) is 0. The molecule has 2 aliphatic heterocycles. The summed E-state index contributed by atoms with van der Waals surface area (Å²) >= 11 is 1.99. The van der Waals surface area contributed by atoms with Gasteiger partial charge in [-0.3, -0.25) is 4.90 Å². The van der Waals surface area contributed by atoms with Crippen molar-refractivity contribution in [2.24, 2.45) is 5.92 Å². The standard InChI is InChI=1S/C9H18N2OS/c12-5-8-6-13-7-9(8)11-3-1-10-2-4-11/h8-10,12H,1-7H2. The van der Waals surface area contributed by atoms with Gasteiger partial charge in [0.05, 0.1) is 0 Å². The quantitative estimate of drug-likeness (QED) is 0.640. The zero-order valence-corrected chi connectivity index (χ0v) is 8.72. The first-order valence-electron chi connectivity index (χ1n) is 5.05. The minimum atomic E-state index is 0.363. The Hall–Kier alpha value is 0.230. The van der Waals surface area contributed by atoms with Crippen LogP contribution in [0.1, 0.15) is 0 Å². The second-order valence-electron chi connectivity index (χ2n) is 3.83. The third-order valence-electron chi connectivity index (χ3n) is 3.02. The lowest BCUT2D eigenvalue weighted by atomic mass is 10.0. The van der Waals surface area contributed by atoms with E-state index in [9.17, 15) is 5.11 Å². The molecule has 2 rings (SSSR count). The molecular weight excluding hydrogens is 184 g/mol. The van der Waals surface area contributed by atoms with Crippen LogP contribution in [0.15, 0.2) is 0 Å². The summed E-state index contributed by atoms with van der Waals surface area (Å²) in [4.78, 5) is 2.54. The van der Waals surface area contributed by atoms with E-state index in [1.165, 1.54) is 5.75 Å². The number of aliphatic hydroxyl groups excluding tert-OH is 1. The molecule has 2 atom stereocenters. The van der Waals surface area contributed by atoms with Crippen LogP contribution in [0.2, 0.25) is 0 Å². The van der Waals surface area contributed by atoms with Gasteiger partial charge >= 0.3 is 0 Å². The van der Waals surface area contributed by atoms with Crippen molar-refractivity contribution in [1.82, 2.24) is 10.2 Å². The van der Waals surface area contributed by atoms with Crippen LogP contribution in [-0.4, -0.2) is 60.3 Å². The summed E-state index contributed by atoms with van der Waals surface area (Å²) < 4.78 is 0. The molecule has 0 bridgehead atoms. The van der Waals surface area contributed by atoms with Gasteiger partial charge in [0.2, 0.25) is 0 Å². The Morgan fingerprint density at radius 1 is 1.31 bits per heavy atom. The molecule has 0 aromatic rings. The highest BCUT2D eigenvalue weighted by Gasteiger charge is 2.32. The molecule has 2 heterocycles.